The lowest BCUT2D eigenvalue weighted by molar-refractivity contribution is 0.109. The Bertz CT molecular complexity index is 576. The molecule has 0 aliphatic carbocycles. The van der Waals surface area contributed by atoms with Gasteiger partial charge in [0.2, 0.25) is 0 Å². The number of aryl methyl sites for hydroxylation is 2. The van der Waals surface area contributed by atoms with Gasteiger partial charge in [-0.05, 0) is 13.8 Å². The van der Waals surface area contributed by atoms with Crippen LogP contribution in [0.15, 0.2) is 0 Å². The average Bonchev–Trinajstić information content (AvgIpc) is 2.58. The Labute approximate surface area is 98.2 Å². The molecule has 0 spiro atoms. The zero-order valence-electron chi connectivity index (χ0n) is 9.25. The summed E-state index contributed by atoms with van der Waals surface area (Å²) in [5.74, 6) is 0. The van der Waals surface area contributed by atoms with Crippen LogP contribution in [0.2, 0.25) is 5.15 Å². The highest BCUT2D eigenvalue weighted by Crippen LogP contribution is 2.26. The van der Waals surface area contributed by atoms with E-state index in [4.69, 9.17) is 16.3 Å². The summed E-state index contributed by atoms with van der Waals surface area (Å²) in [6.45, 7) is 5.25. The minimum Gasteiger partial charge on any atom is -0.376 e. The first-order chi connectivity index (χ1) is 7.68. The molecular weight excluding hydrogens is 226 g/mol. The van der Waals surface area contributed by atoms with Crippen LogP contribution >= 0.6 is 11.6 Å². The molecule has 1 aliphatic heterocycles. The summed E-state index contributed by atoms with van der Waals surface area (Å²) in [6.07, 6.45) is 0.829. The Morgan fingerprint density at radius 2 is 2.19 bits per heavy atom. The molecule has 4 nitrogen and oxygen atoms in total. The Morgan fingerprint density at radius 3 is 3.00 bits per heavy atom. The van der Waals surface area contributed by atoms with Crippen molar-refractivity contribution in [1.29, 1.82) is 0 Å². The molecule has 0 amide bonds. The number of hydrogen-bond acceptors (Lipinski definition) is 3. The fourth-order valence-electron chi connectivity index (χ4n) is 2.00. The fourth-order valence-corrected chi connectivity index (χ4v) is 2.28. The van der Waals surface area contributed by atoms with Gasteiger partial charge < -0.3 is 4.74 Å². The molecule has 1 aliphatic rings. The maximum absolute atomic E-state index is 6.33. The summed E-state index contributed by atoms with van der Waals surface area (Å²) in [4.78, 5) is 4.63. The van der Waals surface area contributed by atoms with E-state index >= 15 is 0 Å². The Morgan fingerprint density at radius 1 is 1.38 bits per heavy atom. The molecule has 0 aromatic carbocycles. The van der Waals surface area contributed by atoms with E-state index < -0.39 is 0 Å². The van der Waals surface area contributed by atoms with Crippen LogP contribution in [0.4, 0.5) is 0 Å². The number of nitrogens with zero attached hydrogens (tertiary/aromatic N) is 3. The third-order valence-corrected chi connectivity index (χ3v) is 3.47. The summed E-state index contributed by atoms with van der Waals surface area (Å²) in [7, 11) is 0. The van der Waals surface area contributed by atoms with Crippen LogP contribution in [0.3, 0.4) is 0 Å². The van der Waals surface area contributed by atoms with Crippen molar-refractivity contribution in [2.75, 3.05) is 6.61 Å². The van der Waals surface area contributed by atoms with Gasteiger partial charge in [0.1, 0.15) is 5.15 Å². The molecule has 3 heterocycles. The standard InChI is InChI=1S/C11H12ClN3O/c1-6-7(2)14-15-10(12)8-5-16-4-3-9(8)13-11(6)15/h3-5H2,1-2H3. The third kappa shape index (κ3) is 1.26. The van der Waals surface area contributed by atoms with Crippen molar-refractivity contribution in [1.82, 2.24) is 14.6 Å². The highest BCUT2D eigenvalue weighted by Gasteiger charge is 2.20. The summed E-state index contributed by atoms with van der Waals surface area (Å²) >= 11 is 6.33. The molecule has 0 saturated heterocycles. The first kappa shape index (κ1) is 10.1. The molecule has 0 bridgehead atoms. The highest BCUT2D eigenvalue weighted by atomic mass is 35.5. The van der Waals surface area contributed by atoms with Crippen LogP contribution in [0.25, 0.3) is 5.65 Å². The number of aromatic nitrogens is 3. The van der Waals surface area contributed by atoms with E-state index in [1.165, 1.54) is 0 Å². The molecule has 3 rings (SSSR count). The van der Waals surface area contributed by atoms with Gasteiger partial charge >= 0.3 is 0 Å². The maximum Gasteiger partial charge on any atom is 0.160 e. The molecule has 0 unspecified atom stereocenters. The van der Waals surface area contributed by atoms with E-state index in [0.29, 0.717) is 11.8 Å². The van der Waals surface area contributed by atoms with Crippen LogP contribution in [-0.2, 0) is 17.8 Å². The molecular formula is C11H12ClN3O. The lowest BCUT2D eigenvalue weighted by Crippen LogP contribution is -2.14. The van der Waals surface area contributed by atoms with E-state index in [0.717, 1.165) is 41.2 Å². The lowest BCUT2D eigenvalue weighted by atomic mass is 10.1. The van der Waals surface area contributed by atoms with Crippen molar-refractivity contribution in [3.8, 4) is 0 Å². The first-order valence-electron chi connectivity index (χ1n) is 5.29. The minimum atomic E-state index is 0.537. The van der Waals surface area contributed by atoms with Crippen molar-refractivity contribution in [3.63, 3.8) is 0 Å². The van der Waals surface area contributed by atoms with Gasteiger partial charge in [-0.25, -0.2) is 9.50 Å². The van der Waals surface area contributed by atoms with E-state index in [1.807, 2.05) is 13.8 Å². The summed E-state index contributed by atoms with van der Waals surface area (Å²) in [6, 6.07) is 0. The van der Waals surface area contributed by atoms with Crippen molar-refractivity contribution >= 4 is 17.2 Å². The average molecular weight is 238 g/mol. The van der Waals surface area contributed by atoms with Gasteiger partial charge in [-0.3, -0.25) is 0 Å². The highest BCUT2D eigenvalue weighted by molar-refractivity contribution is 6.30. The minimum absolute atomic E-state index is 0.537. The monoisotopic (exact) mass is 237 g/mol. The predicted octanol–water partition coefficient (Wildman–Crippen LogP) is 2.07. The Balaban J connectivity index is 2.39. The molecule has 2 aromatic rings. The van der Waals surface area contributed by atoms with Gasteiger partial charge in [-0.1, -0.05) is 11.6 Å². The molecule has 0 atom stereocenters. The van der Waals surface area contributed by atoms with Gasteiger partial charge in [0.15, 0.2) is 5.65 Å². The summed E-state index contributed by atoms with van der Waals surface area (Å²) in [5.41, 5.74) is 4.95. The Kier molecular flexibility index (Phi) is 2.16. The van der Waals surface area contributed by atoms with Crippen LogP contribution in [0.1, 0.15) is 22.5 Å². The lowest BCUT2D eigenvalue weighted by Gasteiger charge is -2.17. The zero-order valence-corrected chi connectivity index (χ0v) is 10.0. The third-order valence-electron chi connectivity index (χ3n) is 3.08. The Hall–Kier alpha value is -1.13. The van der Waals surface area contributed by atoms with Crippen LogP contribution in [-0.4, -0.2) is 21.2 Å². The molecule has 0 radical (unpaired) electrons. The number of ether oxygens (including phenoxy) is 1. The van der Waals surface area contributed by atoms with Crippen LogP contribution in [0, 0.1) is 13.8 Å². The van der Waals surface area contributed by atoms with E-state index in [1.54, 1.807) is 4.52 Å². The number of rotatable bonds is 0. The number of halogens is 1. The number of fused-ring (bicyclic) bond motifs is 2. The fraction of sp³-hybridized carbons (Fsp3) is 0.455. The van der Waals surface area contributed by atoms with E-state index in [2.05, 4.69) is 10.1 Å². The second-order valence-electron chi connectivity index (χ2n) is 4.08. The maximum atomic E-state index is 6.33. The zero-order chi connectivity index (χ0) is 11.3. The van der Waals surface area contributed by atoms with Gasteiger partial charge in [0.05, 0.1) is 24.6 Å². The quantitative estimate of drug-likeness (QED) is 0.659. The second kappa shape index (κ2) is 3.43. The van der Waals surface area contributed by atoms with Gasteiger partial charge in [-0.2, -0.15) is 5.10 Å². The predicted molar refractivity (Wildman–Crippen MR) is 60.8 cm³/mol. The molecule has 0 fully saturated rings. The molecule has 84 valence electrons. The molecule has 2 aromatic heterocycles. The summed E-state index contributed by atoms with van der Waals surface area (Å²) in [5, 5.41) is 5.02. The van der Waals surface area contributed by atoms with Crippen molar-refractivity contribution < 1.29 is 4.74 Å². The van der Waals surface area contributed by atoms with Crippen LogP contribution in [0.5, 0.6) is 0 Å². The van der Waals surface area contributed by atoms with Gasteiger partial charge in [0.25, 0.3) is 0 Å². The van der Waals surface area contributed by atoms with Gasteiger partial charge in [0, 0.05) is 17.5 Å². The molecule has 16 heavy (non-hydrogen) atoms. The van der Waals surface area contributed by atoms with Crippen molar-refractivity contribution in [2.45, 2.75) is 26.9 Å². The SMILES string of the molecule is Cc1nn2c(Cl)c3c(nc2c1C)CCOC3. The van der Waals surface area contributed by atoms with Crippen LogP contribution < -0.4 is 0 Å². The largest absolute Gasteiger partial charge is 0.376 e. The first-order valence-corrected chi connectivity index (χ1v) is 5.67. The van der Waals surface area contributed by atoms with E-state index in [-0.39, 0.29) is 0 Å². The molecule has 0 N–H and O–H groups in total. The van der Waals surface area contributed by atoms with Gasteiger partial charge in [-0.15, -0.1) is 0 Å². The normalized spacial score (nSPS) is 15.4. The molecule has 0 saturated carbocycles. The molecule has 5 heteroatoms. The van der Waals surface area contributed by atoms with Crippen molar-refractivity contribution in [3.05, 3.63) is 27.7 Å². The number of hydrogen-bond donors (Lipinski definition) is 0. The van der Waals surface area contributed by atoms with E-state index in [9.17, 15) is 0 Å². The smallest absolute Gasteiger partial charge is 0.160 e. The summed E-state index contributed by atoms with van der Waals surface area (Å²) < 4.78 is 7.11. The topological polar surface area (TPSA) is 39.4 Å². The second-order valence-corrected chi connectivity index (χ2v) is 4.43. The van der Waals surface area contributed by atoms with Crippen molar-refractivity contribution in [2.24, 2.45) is 0 Å².